The van der Waals surface area contributed by atoms with Gasteiger partial charge in [-0.1, -0.05) is 13.8 Å². The second-order valence-corrected chi connectivity index (χ2v) is 4.21. The predicted octanol–water partition coefficient (Wildman–Crippen LogP) is 0.298. The second kappa shape index (κ2) is 7.22. The molecule has 0 fully saturated rings. The Morgan fingerprint density at radius 3 is 2.19 bits per heavy atom. The summed E-state index contributed by atoms with van der Waals surface area (Å²) in [7, 11) is 2.91. The van der Waals surface area contributed by atoms with Gasteiger partial charge in [-0.2, -0.15) is 0 Å². The first-order valence-electron chi connectivity index (χ1n) is 5.47. The van der Waals surface area contributed by atoms with Crippen molar-refractivity contribution < 1.29 is 14.3 Å². The molecule has 2 atom stereocenters. The zero-order valence-electron chi connectivity index (χ0n) is 10.7. The van der Waals surface area contributed by atoms with Crippen LogP contribution in [0.25, 0.3) is 0 Å². The summed E-state index contributed by atoms with van der Waals surface area (Å²) >= 11 is 0. The molecule has 0 aromatic heterocycles. The number of nitrogens with one attached hydrogen (secondary N) is 2. The number of esters is 1. The Labute approximate surface area is 96.9 Å². The molecule has 0 aromatic carbocycles. The van der Waals surface area contributed by atoms with E-state index in [1.165, 1.54) is 7.11 Å². The first-order valence-corrected chi connectivity index (χ1v) is 5.47. The maximum atomic E-state index is 11.5. The van der Waals surface area contributed by atoms with Crippen molar-refractivity contribution >= 4 is 11.9 Å². The Hall–Kier alpha value is -1.10. The summed E-state index contributed by atoms with van der Waals surface area (Å²) in [6.07, 6.45) is 0.647. The number of hydrogen-bond acceptors (Lipinski definition) is 4. The molecule has 2 unspecified atom stereocenters. The Morgan fingerprint density at radius 1 is 1.25 bits per heavy atom. The van der Waals surface area contributed by atoms with Crippen LogP contribution in [-0.4, -0.2) is 38.1 Å². The maximum absolute atomic E-state index is 11.5. The summed E-state index contributed by atoms with van der Waals surface area (Å²) in [5.74, 6) is -0.115. The van der Waals surface area contributed by atoms with Crippen molar-refractivity contribution in [3.8, 4) is 0 Å². The Bertz CT molecular complexity index is 241. The fourth-order valence-electron chi connectivity index (χ4n) is 1.44. The van der Waals surface area contributed by atoms with E-state index in [1.807, 2.05) is 13.8 Å². The highest BCUT2D eigenvalue weighted by atomic mass is 16.5. The number of rotatable bonds is 6. The Balaban J connectivity index is 4.41. The number of hydrogen-bond donors (Lipinski definition) is 2. The lowest BCUT2D eigenvalue weighted by atomic mass is 10.0. The number of ether oxygens (including phenoxy) is 1. The molecule has 16 heavy (non-hydrogen) atoms. The van der Waals surface area contributed by atoms with E-state index in [1.54, 1.807) is 14.0 Å². The molecule has 1 amide bonds. The van der Waals surface area contributed by atoms with E-state index in [0.29, 0.717) is 12.3 Å². The van der Waals surface area contributed by atoms with Crippen molar-refractivity contribution in [2.24, 2.45) is 5.92 Å². The zero-order valence-corrected chi connectivity index (χ0v) is 10.7. The molecule has 5 heteroatoms. The molecule has 0 saturated heterocycles. The van der Waals surface area contributed by atoms with E-state index in [-0.39, 0.29) is 11.9 Å². The van der Waals surface area contributed by atoms with Crippen LogP contribution in [0.3, 0.4) is 0 Å². The fourth-order valence-corrected chi connectivity index (χ4v) is 1.44. The maximum Gasteiger partial charge on any atom is 0.322 e. The smallest absolute Gasteiger partial charge is 0.322 e. The molecule has 5 nitrogen and oxygen atoms in total. The van der Waals surface area contributed by atoms with Gasteiger partial charge in [0.05, 0.1) is 13.2 Å². The molecular weight excluding hydrogens is 208 g/mol. The lowest BCUT2D eigenvalue weighted by Crippen LogP contribution is -2.49. The highest BCUT2D eigenvalue weighted by molar-refractivity contribution is 5.82. The van der Waals surface area contributed by atoms with Gasteiger partial charge in [0.2, 0.25) is 5.91 Å². The van der Waals surface area contributed by atoms with Crippen molar-refractivity contribution in [2.75, 3.05) is 14.2 Å². The summed E-state index contributed by atoms with van der Waals surface area (Å²) in [5.41, 5.74) is 0. The molecular formula is C11H22N2O3. The van der Waals surface area contributed by atoms with Crippen molar-refractivity contribution in [1.29, 1.82) is 0 Å². The highest BCUT2D eigenvalue weighted by Gasteiger charge is 2.24. The number of amides is 1. The lowest BCUT2D eigenvalue weighted by molar-refractivity contribution is -0.144. The van der Waals surface area contributed by atoms with Crippen LogP contribution in [0.5, 0.6) is 0 Å². The molecule has 0 aliphatic rings. The van der Waals surface area contributed by atoms with E-state index in [9.17, 15) is 9.59 Å². The van der Waals surface area contributed by atoms with Gasteiger partial charge >= 0.3 is 5.97 Å². The Morgan fingerprint density at radius 2 is 1.81 bits per heavy atom. The average molecular weight is 230 g/mol. The van der Waals surface area contributed by atoms with Crippen molar-refractivity contribution in [1.82, 2.24) is 10.6 Å². The van der Waals surface area contributed by atoms with Crippen LogP contribution in [0.4, 0.5) is 0 Å². The SMILES string of the molecule is CNC(=O)C(C)NC(CC(C)C)C(=O)OC. The summed E-state index contributed by atoms with van der Waals surface area (Å²) in [5, 5.41) is 5.49. The molecule has 0 aliphatic carbocycles. The quantitative estimate of drug-likeness (QED) is 0.644. The number of carbonyl (C=O) groups excluding carboxylic acids is 2. The minimum Gasteiger partial charge on any atom is -0.468 e. The number of carbonyl (C=O) groups is 2. The normalized spacial score (nSPS) is 14.4. The van der Waals surface area contributed by atoms with E-state index in [2.05, 4.69) is 10.6 Å². The van der Waals surface area contributed by atoms with E-state index in [0.717, 1.165) is 0 Å². The molecule has 0 saturated carbocycles. The molecule has 0 aromatic rings. The van der Waals surface area contributed by atoms with Gasteiger partial charge in [0.1, 0.15) is 6.04 Å². The highest BCUT2D eigenvalue weighted by Crippen LogP contribution is 2.07. The third-order valence-corrected chi connectivity index (χ3v) is 2.28. The first kappa shape index (κ1) is 14.9. The summed E-state index contributed by atoms with van der Waals surface area (Å²) in [6, 6.07) is -0.842. The van der Waals surface area contributed by atoms with E-state index in [4.69, 9.17) is 4.74 Å². The van der Waals surface area contributed by atoms with E-state index >= 15 is 0 Å². The minimum atomic E-state index is -0.433. The third-order valence-electron chi connectivity index (χ3n) is 2.28. The van der Waals surface area contributed by atoms with Gasteiger partial charge in [0.25, 0.3) is 0 Å². The van der Waals surface area contributed by atoms with Crippen LogP contribution in [0.1, 0.15) is 27.2 Å². The van der Waals surface area contributed by atoms with Gasteiger partial charge in [-0.15, -0.1) is 0 Å². The van der Waals surface area contributed by atoms with Gasteiger partial charge < -0.3 is 10.1 Å². The van der Waals surface area contributed by atoms with Gasteiger partial charge in [0, 0.05) is 7.05 Å². The standard InChI is InChI=1S/C11H22N2O3/c1-7(2)6-9(11(15)16-5)13-8(3)10(14)12-4/h7-9,13H,6H2,1-5H3,(H,12,14). The summed E-state index contributed by atoms with van der Waals surface area (Å²) in [6.45, 7) is 5.75. The first-order chi connectivity index (χ1) is 7.42. The van der Waals surface area contributed by atoms with Crippen LogP contribution < -0.4 is 10.6 Å². The van der Waals surface area contributed by atoms with Gasteiger partial charge in [-0.05, 0) is 19.3 Å². The van der Waals surface area contributed by atoms with Crippen molar-refractivity contribution in [3.63, 3.8) is 0 Å². The molecule has 0 rings (SSSR count). The second-order valence-electron chi connectivity index (χ2n) is 4.21. The van der Waals surface area contributed by atoms with Crippen LogP contribution >= 0.6 is 0 Å². The van der Waals surface area contributed by atoms with Crippen LogP contribution in [-0.2, 0) is 14.3 Å². The largest absolute Gasteiger partial charge is 0.468 e. The predicted molar refractivity (Wildman–Crippen MR) is 61.9 cm³/mol. The molecule has 2 N–H and O–H groups in total. The van der Waals surface area contributed by atoms with E-state index < -0.39 is 12.1 Å². The number of methoxy groups -OCH3 is 1. The van der Waals surface area contributed by atoms with Gasteiger partial charge in [-0.25, -0.2) is 0 Å². The lowest BCUT2D eigenvalue weighted by Gasteiger charge is -2.21. The molecule has 94 valence electrons. The van der Waals surface area contributed by atoms with Gasteiger partial charge in [-0.3, -0.25) is 14.9 Å². The summed E-state index contributed by atoms with van der Waals surface area (Å²) in [4.78, 5) is 22.8. The molecule has 0 radical (unpaired) electrons. The molecule has 0 aliphatic heterocycles. The van der Waals surface area contributed by atoms with Gasteiger partial charge in [0.15, 0.2) is 0 Å². The zero-order chi connectivity index (χ0) is 12.7. The minimum absolute atomic E-state index is 0.141. The average Bonchev–Trinajstić information content (AvgIpc) is 2.25. The van der Waals surface area contributed by atoms with Crippen LogP contribution in [0.2, 0.25) is 0 Å². The fraction of sp³-hybridized carbons (Fsp3) is 0.818. The van der Waals surface area contributed by atoms with Crippen molar-refractivity contribution in [3.05, 3.63) is 0 Å². The monoisotopic (exact) mass is 230 g/mol. The third kappa shape index (κ3) is 5.11. The summed E-state index contributed by atoms with van der Waals surface area (Å²) < 4.78 is 4.69. The molecule has 0 heterocycles. The topological polar surface area (TPSA) is 67.4 Å². The van der Waals surface area contributed by atoms with Crippen molar-refractivity contribution in [2.45, 2.75) is 39.3 Å². The molecule has 0 bridgehead atoms. The Kier molecular flexibility index (Phi) is 6.72. The van der Waals surface area contributed by atoms with Crippen LogP contribution in [0.15, 0.2) is 0 Å². The van der Waals surface area contributed by atoms with Crippen LogP contribution in [0, 0.1) is 5.92 Å². The molecule has 0 spiro atoms. The number of likely N-dealkylation sites (N-methyl/N-ethyl adjacent to an activating group) is 1.